The van der Waals surface area contributed by atoms with Gasteiger partial charge in [-0.2, -0.15) is 0 Å². The molecular weight excluding hydrogens is 981 g/mol. The Morgan fingerprint density at radius 3 is 1.54 bits per heavy atom. The maximum absolute atomic E-state index is 13.3. The largest absolute Gasteiger partial charge is 0.369 e. The highest BCUT2D eigenvalue weighted by atomic mass is 79.9. The van der Waals surface area contributed by atoms with Gasteiger partial charge in [0.1, 0.15) is 11.3 Å². The number of carbonyl (C=O) groups is 2. The monoisotopic (exact) mass is 1020 g/mol. The fourth-order valence-corrected chi connectivity index (χ4v) is 11.1. The third-order valence-corrected chi connectivity index (χ3v) is 15.6. The molecule has 3 N–H and O–H groups in total. The maximum Gasteiger partial charge on any atom is 0.241 e. The Morgan fingerprint density at radius 1 is 0.705 bits per heavy atom. The Labute approximate surface area is 378 Å². The standard InChI is InChI=1S/C20H17ClF2NO3PS.C12H13ClNO3PS.C8H5BrF2.2CH4/c1-27-28(2,26)19(15-11-29-18-6-4-13(21)10-14(15)18)20(25)24-8-7-12-3-5-16(22)17(23)9-12;1-17-18(2,16)11(12(14)15)9-6-19-10-4-3-7(13)5-8(9)10;9-4-3-6-1-2-7(10)8(11)5-6;;/h3-11,19H,1-2H3,(H,24,25);3-6,11H,1-2H3,(H2,14,15);1-5H;2*1H4/b8-7+;;;;. The molecule has 4 unspecified atom stereocenters. The highest BCUT2D eigenvalue weighted by Crippen LogP contribution is 2.59. The van der Waals surface area contributed by atoms with Gasteiger partial charge >= 0.3 is 0 Å². The summed E-state index contributed by atoms with van der Waals surface area (Å²) in [7, 11) is -3.92. The molecule has 19 heteroatoms. The van der Waals surface area contributed by atoms with Gasteiger partial charge < -0.3 is 20.1 Å². The first kappa shape index (κ1) is 53.5. The second-order valence-corrected chi connectivity index (χ2v) is 21.2. The van der Waals surface area contributed by atoms with E-state index in [4.69, 9.17) is 38.0 Å². The van der Waals surface area contributed by atoms with Gasteiger partial charge in [0, 0.05) is 53.2 Å². The number of thiophene rings is 2. The van der Waals surface area contributed by atoms with E-state index in [1.54, 1.807) is 46.1 Å². The van der Waals surface area contributed by atoms with Crippen LogP contribution in [0.1, 0.15) is 48.4 Å². The van der Waals surface area contributed by atoms with Gasteiger partial charge in [0.05, 0.1) is 0 Å². The summed E-state index contributed by atoms with van der Waals surface area (Å²) in [5.74, 6) is -4.80. The fraction of sp³-hybridized carbons (Fsp3) is 0.190. The number of hydrogen-bond acceptors (Lipinski definition) is 8. The molecule has 0 fully saturated rings. The molecule has 0 bridgehead atoms. The highest BCUT2D eigenvalue weighted by Gasteiger charge is 2.38. The SMILES string of the molecule is C.C.COP(C)(=O)C(C(=O)N/C=C/c1ccc(F)c(F)c1)c1csc2ccc(Cl)cc12.COP(C)(=O)C(C(N)=O)c1csc2ccc(Cl)cc12.Fc1ccc(C=CBr)cc1F. The minimum absolute atomic E-state index is 0. The summed E-state index contributed by atoms with van der Waals surface area (Å²) in [4.78, 5) is 26.2. The van der Waals surface area contributed by atoms with Gasteiger partial charge in [0.15, 0.2) is 23.3 Å². The second-order valence-electron chi connectivity index (χ2n) is 12.5. The van der Waals surface area contributed by atoms with Gasteiger partial charge in [-0.3, -0.25) is 18.7 Å². The number of nitrogens with two attached hydrogens (primary N) is 1. The molecule has 4 atom stereocenters. The van der Waals surface area contributed by atoms with E-state index in [0.29, 0.717) is 32.3 Å². The lowest BCUT2D eigenvalue weighted by Crippen LogP contribution is -2.25. The van der Waals surface area contributed by atoms with Crippen molar-refractivity contribution in [2.24, 2.45) is 5.73 Å². The predicted molar refractivity (Wildman–Crippen MR) is 251 cm³/mol. The summed E-state index contributed by atoms with van der Waals surface area (Å²) in [5.41, 5.74) is 5.54. The summed E-state index contributed by atoms with van der Waals surface area (Å²) in [6.45, 7) is 2.81. The van der Waals surface area contributed by atoms with E-state index in [2.05, 4.69) is 21.2 Å². The van der Waals surface area contributed by atoms with Crippen LogP contribution in [0.4, 0.5) is 17.6 Å². The molecule has 0 radical (unpaired) electrons. The van der Waals surface area contributed by atoms with E-state index in [1.807, 2.05) is 12.1 Å². The lowest BCUT2D eigenvalue weighted by molar-refractivity contribution is -0.120. The number of halogens is 7. The quantitative estimate of drug-likeness (QED) is 0.0984. The molecule has 61 heavy (non-hydrogen) atoms. The minimum atomic E-state index is -3.37. The molecule has 2 amide bonds. The lowest BCUT2D eigenvalue weighted by Gasteiger charge is -2.21. The van der Waals surface area contributed by atoms with Crippen molar-refractivity contribution in [1.29, 1.82) is 0 Å². The van der Waals surface area contributed by atoms with Crippen molar-refractivity contribution >= 4 is 121 Å². The van der Waals surface area contributed by atoms with E-state index in [0.717, 1.165) is 44.4 Å². The highest BCUT2D eigenvalue weighted by molar-refractivity contribution is 9.11. The van der Waals surface area contributed by atoms with Gasteiger partial charge in [-0.05, 0) is 122 Å². The topological polar surface area (TPSA) is 125 Å². The first-order valence-electron chi connectivity index (χ1n) is 16.9. The molecular formula is C42H43BrCl2F4N2O6P2S2. The zero-order chi connectivity index (χ0) is 43.7. The Bertz CT molecular complexity index is 2650. The van der Waals surface area contributed by atoms with Crippen molar-refractivity contribution in [3.63, 3.8) is 0 Å². The first-order valence-corrected chi connectivity index (χ1v) is 24.6. The molecule has 2 aromatic heterocycles. The third-order valence-electron chi connectivity index (χ3n) is 8.55. The van der Waals surface area contributed by atoms with E-state index < -0.39 is 61.1 Å². The zero-order valence-electron chi connectivity index (χ0n) is 31.4. The summed E-state index contributed by atoms with van der Waals surface area (Å²) in [6, 6.07) is 17.7. The van der Waals surface area contributed by atoms with Gasteiger partial charge in [-0.15, -0.1) is 22.7 Å². The number of hydrogen-bond donors (Lipinski definition) is 2. The van der Waals surface area contributed by atoms with Crippen LogP contribution in [0.25, 0.3) is 32.3 Å². The van der Waals surface area contributed by atoms with Crippen molar-refractivity contribution in [3.05, 3.63) is 150 Å². The Balaban J connectivity index is 0.000000344. The predicted octanol–water partition coefficient (Wildman–Crippen LogP) is 14.5. The Hall–Kier alpha value is -3.62. The van der Waals surface area contributed by atoms with Crippen LogP contribution in [0.5, 0.6) is 0 Å². The summed E-state index contributed by atoms with van der Waals surface area (Å²) < 4.78 is 88.6. The van der Waals surface area contributed by atoms with Crippen LogP contribution >= 0.6 is 76.5 Å². The molecule has 6 aromatic rings. The van der Waals surface area contributed by atoms with Gasteiger partial charge in [-0.1, -0.05) is 66.1 Å². The molecule has 0 spiro atoms. The van der Waals surface area contributed by atoms with Crippen LogP contribution in [0.3, 0.4) is 0 Å². The van der Waals surface area contributed by atoms with E-state index in [9.17, 15) is 36.3 Å². The molecule has 0 aliphatic rings. The van der Waals surface area contributed by atoms with Crippen LogP contribution in [-0.2, 0) is 27.8 Å². The normalized spacial score (nSPS) is 14.0. The average molecular weight is 1020 g/mol. The third kappa shape index (κ3) is 13.9. The molecule has 0 aliphatic heterocycles. The molecule has 0 aliphatic carbocycles. The first-order chi connectivity index (χ1) is 27.8. The van der Waals surface area contributed by atoms with Crippen molar-refractivity contribution in [3.8, 4) is 0 Å². The smallest absolute Gasteiger partial charge is 0.241 e. The van der Waals surface area contributed by atoms with Crippen molar-refractivity contribution in [1.82, 2.24) is 5.32 Å². The molecule has 8 nitrogen and oxygen atoms in total. The van der Waals surface area contributed by atoms with Gasteiger partial charge in [0.25, 0.3) is 0 Å². The van der Waals surface area contributed by atoms with Crippen molar-refractivity contribution < 1.29 is 45.3 Å². The second kappa shape index (κ2) is 23.7. The zero-order valence-corrected chi connectivity index (χ0v) is 38.0. The van der Waals surface area contributed by atoms with E-state index in [-0.39, 0.29) is 14.9 Å². The molecule has 2 heterocycles. The van der Waals surface area contributed by atoms with Crippen LogP contribution in [0, 0.1) is 23.3 Å². The summed E-state index contributed by atoms with van der Waals surface area (Å²) in [6.07, 6.45) is 4.33. The number of fused-ring (bicyclic) bond motifs is 2. The number of nitrogens with one attached hydrogen (secondary N) is 1. The number of rotatable bonds is 11. The fourth-order valence-electron chi connectivity index (χ4n) is 5.52. The van der Waals surface area contributed by atoms with Crippen LogP contribution in [0.15, 0.2) is 94.7 Å². The molecule has 0 saturated carbocycles. The molecule has 4 aromatic carbocycles. The Morgan fingerprint density at radius 2 is 1.13 bits per heavy atom. The van der Waals surface area contributed by atoms with Gasteiger partial charge in [-0.25, -0.2) is 17.6 Å². The number of carbonyl (C=O) groups excluding carboxylic acids is 2. The Kier molecular flexibility index (Phi) is 20.8. The molecule has 6 rings (SSSR count). The lowest BCUT2D eigenvalue weighted by atomic mass is 10.1. The minimum Gasteiger partial charge on any atom is -0.369 e. The van der Waals surface area contributed by atoms with Crippen LogP contribution < -0.4 is 11.1 Å². The van der Waals surface area contributed by atoms with Crippen molar-refractivity contribution in [2.45, 2.75) is 26.2 Å². The van der Waals surface area contributed by atoms with E-state index >= 15 is 0 Å². The summed E-state index contributed by atoms with van der Waals surface area (Å²) >= 11 is 18.0. The molecule has 328 valence electrons. The average Bonchev–Trinajstić information content (AvgIpc) is 3.78. The van der Waals surface area contributed by atoms with Gasteiger partial charge in [0.2, 0.25) is 26.6 Å². The van der Waals surface area contributed by atoms with E-state index in [1.165, 1.54) is 74.6 Å². The summed E-state index contributed by atoms with van der Waals surface area (Å²) in [5, 5.41) is 8.68. The number of primary amides is 1. The number of amides is 2. The molecule has 0 saturated heterocycles. The maximum atomic E-state index is 13.3. The number of benzene rings is 4. The van der Waals surface area contributed by atoms with Crippen molar-refractivity contribution in [2.75, 3.05) is 27.5 Å². The van der Waals surface area contributed by atoms with Crippen LogP contribution in [-0.4, -0.2) is 39.4 Å². The van der Waals surface area contributed by atoms with Crippen LogP contribution in [0.2, 0.25) is 10.0 Å².